The summed E-state index contributed by atoms with van der Waals surface area (Å²) < 4.78 is 0. The van der Waals surface area contributed by atoms with Crippen molar-refractivity contribution in [3.05, 3.63) is 30.5 Å². The number of aromatic amines is 1. The van der Waals surface area contributed by atoms with E-state index in [1.54, 1.807) is 0 Å². The highest BCUT2D eigenvalue weighted by atomic mass is 14.9. The SMILES string of the molecule is CCCC1CCCC(Nc2ccc3[nH]ccc3c2)CC1. The summed E-state index contributed by atoms with van der Waals surface area (Å²) in [5, 5.41) is 5.05. The Balaban J connectivity index is 1.62. The molecule has 2 unspecified atom stereocenters. The maximum Gasteiger partial charge on any atom is 0.0455 e. The molecule has 2 aromatic rings. The van der Waals surface area contributed by atoms with Gasteiger partial charge < -0.3 is 10.3 Å². The number of hydrogen-bond acceptors (Lipinski definition) is 1. The van der Waals surface area contributed by atoms with Gasteiger partial charge in [-0.1, -0.05) is 32.6 Å². The van der Waals surface area contributed by atoms with E-state index in [0.29, 0.717) is 6.04 Å². The average molecular weight is 270 g/mol. The van der Waals surface area contributed by atoms with Gasteiger partial charge in [0, 0.05) is 28.8 Å². The fourth-order valence-electron chi connectivity index (χ4n) is 3.60. The fraction of sp³-hybridized carbons (Fsp3) is 0.556. The third-order valence-electron chi connectivity index (χ3n) is 4.71. The fourth-order valence-corrected chi connectivity index (χ4v) is 3.60. The first-order valence-electron chi connectivity index (χ1n) is 8.19. The third kappa shape index (κ3) is 3.17. The molecular weight excluding hydrogens is 244 g/mol. The summed E-state index contributed by atoms with van der Waals surface area (Å²) in [6, 6.07) is 9.44. The Morgan fingerprint density at radius 2 is 2.10 bits per heavy atom. The van der Waals surface area contributed by atoms with Crippen LogP contribution < -0.4 is 5.32 Å². The monoisotopic (exact) mass is 270 g/mol. The Bertz CT molecular complexity index is 543. The van der Waals surface area contributed by atoms with Gasteiger partial charge in [-0.3, -0.25) is 0 Å². The minimum absolute atomic E-state index is 0.660. The Labute approximate surface area is 122 Å². The predicted molar refractivity (Wildman–Crippen MR) is 87.2 cm³/mol. The van der Waals surface area contributed by atoms with Gasteiger partial charge in [0.1, 0.15) is 0 Å². The molecule has 0 spiro atoms. The molecule has 1 aromatic heterocycles. The zero-order valence-electron chi connectivity index (χ0n) is 12.5. The van der Waals surface area contributed by atoms with Gasteiger partial charge in [0.2, 0.25) is 0 Å². The summed E-state index contributed by atoms with van der Waals surface area (Å²) in [6.45, 7) is 2.31. The standard InChI is InChI=1S/C18H26N2/c1-2-4-14-5-3-6-16(8-7-14)20-17-9-10-18-15(13-17)11-12-19-18/h9-14,16,19-20H,2-8H2,1H3. The molecular formula is C18H26N2. The summed E-state index contributed by atoms with van der Waals surface area (Å²) in [5.74, 6) is 0.971. The molecule has 2 atom stereocenters. The molecule has 1 fully saturated rings. The molecule has 0 aliphatic heterocycles. The van der Waals surface area contributed by atoms with Crippen molar-refractivity contribution in [2.45, 2.75) is 57.9 Å². The van der Waals surface area contributed by atoms with E-state index in [1.165, 1.54) is 61.5 Å². The molecule has 2 nitrogen and oxygen atoms in total. The van der Waals surface area contributed by atoms with Gasteiger partial charge in [0.25, 0.3) is 0 Å². The van der Waals surface area contributed by atoms with Crippen LogP contribution in [0.15, 0.2) is 30.5 Å². The van der Waals surface area contributed by atoms with Crippen LogP contribution in [0.3, 0.4) is 0 Å². The van der Waals surface area contributed by atoms with E-state index in [4.69, 9.17) is 0 Å². The second-order valence-corrected chi connectivity index (χ2v) is 6.28. The van der Waals surface area contributed by atoms with Crippen molar-refractivity contribution in [2.75, 3.05) is 5.32 Å². The number of fused-ring (bicyclic) bond motifs is 1. The van der Waals surface area contributed by atoms with Crippen molar-refractivity contribution in [1.82, 2.24) is 4.98 Å². The first-order valence-corrected chi connectivity index (χ1v) is 8.19. The van der Waals surface area contributed by atoms with E-state index >= 15 is 0 Å². The zero-order valence-corrected chi connectivity index (χ0v) is 12.5. The summed E-state index contributed by atoms with van der Waals surface area (Å²) in [4.78, 5) is 3.25. The van der Waals surface area contributed by atoms with E-state index < -0.39 is 0 Å². The smallest absolute Gasteiger partial charge is 0.0455 e. The van der Waals surface area contributed by atoms with Crippen molar-refractivity contribution < 1.29 is 0 Å². The number of hydrogen-bond donors (Lipinski definition) is 2. The van der Waals surface area contributed by atoms with Crippen LogP contribution in [0.1, 0.15) is 51.9 Å². The van der Waals surface area contributed by atoms with Crippen molar-refractivity contribution >= 4 is 16.6 Å². The number of aromatic nitrogens is 1. The Morgan fingerprint density at radius 1 is 1.15 bits per heavy atom. The van der Waals surface area contributed by atoms with Crippen LogP contribution in [0.4, 0.5) is 5.69 Å². The van der Waals surface area contributed by atoms with Gasteiger partial charge in [-0.05, 0) is 49.4 Å². The van der Waals surface area contributed by atoms with E-state index in [2.05, 4.69) is 41.5 Å². The quantitative estimate of drug-likeness (QED) is 0.722. The summed E-state index contributed by atoms with van der Waals surface area (Å²) in [6.07, 6.45) is 11.6. The van der Waals surface area contributed by atoms with Crippen LogP contribution in [0, 0.1) is 5.92 Å². The molecule has 20 heavy (non-hydrogen) atoms. The van der Waals surface area contributed by atoms with Crippen LogP contribution in [0.2, 0.25) is 0 Å². The molecule has 0 bridgehead atoms. The minimum atomic E-state index is 0.660. The van der Waals surface area contributed by atoms with Crippen molar-refractivity contribution in [3.63, 3.8) is 0 Å². The lowest BCUT2D eigenvalue weighted by Gasteiger charge is -2.18. The average Bonchev–Trinajstić information content (AvgIpc) is 2.81. The van der Waals surface area contributed by atoms with Crippen molar-refractivity contribution in [1.29, 1.82) is 0 Å². The summed E-state index contributed by atoms with van der Waals surface area (Å²) in [5.41, 5.74) is 2.50. The van der Waals surface area contributed by atoms with Crippen molar-refractivity contribution in [2.24, 2.45) is 5.92 Å². The van der Waals surface area contributed by atoms with Gasteiger partial charge in [0.15, 0.2) is 0 Å². The van der Waals surface area contributed by atoms with Gasteiger partial charge in [-0.15, -0.1) is 0 Å². The lowest BCUT2D eigenvalue weighted by Crippen LogP contribution is -2.18. The molecule has 2 heteroatoms. The molecule has 3 rings (SSSR count). The topological polar surface area (TPSA) is 27.8 Å². The molecule has 1 aliphatic carbocycles. The highest BCUT2D eigenvalue weighted by Gasteiger charge is 2.18. The largest absolute Gasteiger partial charge is 0.382 e. The van der Waals surface area contributed by atoms with Crippen LogP contribution in [0.25, 0.3) is 10.9 Å². The molecule has 108 valence electrons. The summed E-state index contributed by atoms with van der Waals surface area (Å²) in [7, 11) is 0. The Kier molecular flexibility index (Phi) is 4.29. The second kappa shape index (κ2) is 6.34. The molecule has 1 saturated carbocycles. The first-order chi connectivity index (χ1) is 9.85. The first kappa shape index (κ1) is 13.5. The van der Waals surface area contributed by atoms with Crippen LogP contribution in [0.5, 0.6) is 0 Å². The van der Waals surface area contributed by atoms with Gasteiger partial charge in [0.05, 0.1) is 0 Å². The van der Waals surface area contributed by atoms with Crippen molar-refractivity contribution in [3.8, 4) is 0 Å². The van der Waals surface area contributed by atoms with Gasteiger partial charge in [-0.2, -0.15) is 0 Å². The van der Waals surface area contributed by atoms with E-state index in [0.717, 1.165) is 5.92 Å². The minimum Gasteiger partial charge on any atom is -0.382 e. The lowest BCUT2D eigenvalue weighted by atomic mass is 9.95. The molecule has 0 radical (unpaired) electrons. The number of anilines is 1. The zero-order chi connectivity index (χ0) is 13.8. The van der Waals surface area contributed by atoms with Crippen LogP contribution in [-0.4, -0.2) is 11.0 Å². The van der Waals surface area contributed by atoms with E-state index in [1.807, 2.05) is 6.20 Å². The molecule has 1 aliphatic rings. The highest BCUT2D eigenvalue weighted by Crippen LogP contribution is 2.29. The normalized spacial score (nSPS) is 23.6. The maximum absolute atomic E-state index is 3.75. The van der Waals surface area contributed by atoms with Crippen LogP contribution in [-0.2, 0) is 0 Å². The Hall–Kier alpha value is -1.44. The van der Waals surface area contributed by atoms with Gasteiger partial charge in [-0.25, -0.2) is 0 Å². The number of rotatable bonds is 4. The third-order valence-corrected chi connectivity index (χ3v) is 4.71. The maximum atomic E-state index is 3.75. The molecule has 1 aromatic carbocycles. The highest BCUT2D eigenvalue weighted by molar-refractivity contribution is 5.83. The Morgan fingerprint density at radius 3 is 3.00 bits per heavy atom. The van der Waals surface area contributed by atoms with E-state index in [9.17, 15) is 0 Å². The number of H-pyrrole nitrogens is 1. The molecule has 2 N–H and O–H groups in total. The number of nitrogens with one attached hydrogen (secondary N) is 2. The molecule has 1 heterocycles. The number of benzene rings is 1. The second-order valence-electron chi connectivity index (χ2n) is 6.28. The van der Waals surface area contributed by atoms with Crippen LogP contribution >= 0.6 is 0 Å². The molecule has 0 saturated heterocycles. The van der Waals surface area contributed by atoms with E-state index in [-0.39, 0.29) is 0 Å². The lowest BCUT2D eigenvalue weighted by molar-refractivity contribution is 0.422. The predicted octanol–water partition coefficient (Wildman–Crippen LogP) is 5.33. The molecule has 0 amide bonds. The summed E-state index contributed by atoms with van der Waals surface area (Å²) >= 11 is 0. The van der Waals surface area contributed by atoms with Gasteiger partial charge >= 0.3 is 0 Å².